The number of nitrogens with zero attached hydrogens (tertiary/aromatic N) is 5. The standard InChI is InChI=1S/C62H41N5/c1-7-19-42(20-8-1)50-35-51(43-21-9-2-10-22-43)37-52(36-50)48-31-33-58-54(38-48)55-39-49(57-41-53(44-23-11-3-12-24-44)40-56(63-57)45-25-13-4-14-26-45)32-34-59(55)67(58)62-65-60(46-27-15-5-16-28-46)64-61(66-62)47-29-17-6-18-30-47/h1-41H. The van der Waals surface area contributed by atoms with Crippen molar-refractivity contribution in [3.8, 4) is 95.7 Å². The summed E-state index contributed by atoms with van der Waals surface area (Å²) in [5.41, 5.74) is 16.8. The second kappa shape index (κ2) is 17.1. The van der Waals surface area contributed by atoms with Crippen molar-refractivity contribution in [1.82, 2.24) is 24.5 Å². The van der Waals surface area contributed by atoms with Crippen LogP contribution in [0.2, 0.25) is 0 Å². The van der Waals surface area contributed by atoms with Crippen molar-refractivity contribution in [1.29, 1.82) is 0 Å². The number of rotatable bonds is 9. The van der Waals surface area contributed by atoms with Crippen LogP contribution in [-0.2, 0) is 0 Å². The summed E-state index contributed by atoms with van der Waals surface area (Å²) in [6.07, 6.45) is 0. The molecule has 0 spiro atoms. The third-order valence-corrected chi connectivity index (χ3v) is 12.4. The highest BCUT2D eigenvalue weighted by atomic mass is 15.2. The molecule has 0 aliphatic carbocycles. The number of fused-ring (bicyclic) bond motifs is 3. The van der Waals surface area contributed by atoms with E-state index < -0.39 is 0 Å². The fraction of sp³-hybridized carbons (Fsp3) is 0. The monoisotopic (exact) mass is 855 g/mol. The molecule has 3 aromatic heterocycles. The molecule has 67 heavy (non-hydrogen) atoms. The van der Waals surface area contributed by atoms with Gasteiger partial charge >= 0.3 is 0 Å². The van der Waals surface area contributed by atoms with Gasteiger partial charge in [0.2, 0.25) is 5.95 Å². The van der Waals surface area contributed by atoms with Gasteiger partial charge in [-0.1, -0.05) is 194 Å². The van der Waals surface area contributed by atoms with Gasteiger partial charge in [0, 0.05) is 33.0 Å². The second-order valence-corrected chi connectivity index (χ2v) is 16.7. The smallest absolute Gasteiger partial charge is 0.238 e. The summed E-state index contributed by atoms with van der Waals surface area (Å²) < 4.78 is 2.19. The van der Waals surface area contributed by atoms with Gasteiger partial charge in [0.1, 0.15) is 0 Å². The van der Waals surface area contributed by atoms with Gasteiger partial charge in [-0.2, -0.15) is 9.97 Å². The Morgan fingerprint density at radius 3 is 1.01 bits per heavy atom. The number of pyridine rings is 1. The lowest BCUT2D eigenvalue weighted by Gasteiger charge is -2.12. The van der Waals surface area contributed by atoms with Gasteiger partial charge < -0.3 is 0 Å². The summed E-state index contributed by atoms with van der Waals surface area (Å²) in [5.74, 6) is 1.75. The van der Waals surface area contributed by atoms with Crippen LogP contribution in [0.1, 0.15) is 0 Å². The van der Waals surface area contributed by atoms with Gasteiger partial charge in [-0.25, -0.2) is 9.97 Å². The van der Waals surface area contributed by atoms with Crippen LogP contribution >= 0.6 is 0 Å². The first-order valence-corrected chi connectivity index (χ1v) is 22.5. The Labute approximate surface area is 389 Å². The molecule has 314 valence electrons. The number of aromatic nitrogens is 5. The van der Waals surface area contributed by atoms with E-state index in [0.717, 1.165) is 88.8 Å². The van der Waals surface area contributed by atoms with Crippen LogP contribution in [0.25, 0.3) is 118 Å². The summed E-state index contributed by atoms with van der Waals surface area (Å²) >= 11 is 0. The Hall–Kier alpha value is -9.06. The highest BCUT2D eigenvalue weighted by Gasteiger charge is 2.20. The molecule has 5 heteroatoms. The van der Waals surface area contributed by atoms with Crippen molar-refractivity contribution in [2.45, 2.75) is 0 Å². The zero-order valence-corrected chi connectivity index (χ0v) is 36.4. The molecule has 0 radical (unpaired) electrons. The molecule has 5 nitrogen and oxygen atoms in total. The van der Waals surface area contributed by atoms with Crippen LogP contribution in [0, 0.1) is 0 Å². The van der Waals surface area contributed by atoms with E-state index in [4.69, 9.17) is 19.9 Å². The summed E-state index contributed by atoms with van der Waals surface area (Å²) in [7, 11) is 0. The van der Waals surface area contributed by atoms with Gasteiger partial charge in [0.05, 0.1) is 22.4 Å². The van der Waals surface area contributed by atoms with Crippen LogP contribution in [0.15, 0.2) is 249 Å². The van der Waals surface area contributed by atoms with Gasteiger partial charge in [-0.3, -0.25) is 4.57 Å². The lowest BCUT2D eigenvalue weighted by atomic mass is 9.93. The van der Waals surface area contributed by atoms with Crippen molar-refractivity contribution in [3.05, 3.63) is 249 Å². The summed E-state index contributed by atoms with van der Waals surface area (Å²) in [6, 6.07) is 87.2. The Kier molecular flexibility index (Phi) is 10.1. The van der Waals surface area contributed by atoms with E-state index in [0.29, 0.717) is 17.6 Å². The first-order chi connectivity index (χ1) is 33.2. The van der Waals surface area contributed by atoms with E-state index in [9.17, 15) is 0 Å². The molecule has 0 saturated carbocycles. The minimum Gasteiger partial charge on any atom is -0.278 e. The third-order valence-electron chi connectivity index (χ3n) is 12.4. The molecule has 3 heterocycles. The van der Waals surface area contributed by atoms with Crippen LogP contribution in [0.3, 0.4) is 0 Å². The number of hydrogen-bond donors (Lipinski definition) is 0. The SMILES string of the molecule is c1ccc(-c2cc(-c3ccccc3)cc(-c3ccc4c(c3)c3cc(-c5cc(-c6ccccc6)cc(-c6ccccc6)n5)ccc3n4-c3nc(-c4ccccc4)nc(-c4ccccc4)n3)c2)cc1. The lowest BCUT2D eigenvalue weighted by Crippen LogP contribution is -2.06. The van der Waals surface area contributed by atoms with Gasteiger partial charge in [-0.15, -0.1) is 0 Å². The minimum atomic E-state index is 0.543. The van der Waals surface area contributed by atoms with Crippen molar-refractivity contribution in [3.63, 3.8) is 0 Å². The molecule has 0 atom stereocenters. The Morgan fingerprint density at radius 1 is 0.224 bits per heavy atom. The van der Waals surface area contributed by atoms with Crippen molar-refractivity contribution < 1.29 is 0 Å². The molecule has 0 bridgehead atoms. The van der Waals surface area contributed by atoms with E-state index in [2.05, 4.69) is 187 Å². The van der Waals surface area contributed by atoms with Crippen LogP contribution in [-0.4, -0.2) is 24.5 Å². The Balaban J connectivity index is 1.11. The molecule has 0 aliphatic heterocycles. The van der Waals surface area contributed by atoms with E-state index in [-0.39, 0.29) is 0 Å². The van der Waals surface area contributed by atoms with E-state index in [1.54, 1.807) is 0 Å². The molecule has 0 amide bonds. The van der Waals surface area contributed by atoms with E-state index >= 15 is 0 Å². The summed E-state index contributed by atoms with van der Waals surface area (Å²) in [5, 5.41) is 2.14. The maximum atomic E-state index is 5.34. The van der Waals surface area contributed by atoms with Crippen molar-refractivity contribution in [2.75, 3.05) is 0 Å². The highest BCUT2D eigenvalue weighted by molar-refractivity contribution is 6.11. The topological polar surface area (TPSA) is 56.5 Å². The number of benzene rings is 9. The maximum absolute atomic E-state index is 5.34. The molecule has 12 aromatic rings. The molecular formula is C62H41N5. The fourth-order valence-corrected chi connectivity index (χ4v) is 9.10. The quantitative estimate of drug-likeness (QED) is 0.145. The normalized spacial score (nSPS) is 11.3. The van der Waals surface area contributed by atoms with Gasteiger partial charge in [-0.05, 0) is 99.1 Å². The zero-order chi connectivity index (χ0) is 44.5. The predicted octanol–water partition coefficient (Wildman–Crippen LogP) is 15.7. The molecule has 9 aromatic carbocycles. The van der Waals surface area contributed by atoms with Crippen LogP contribution in [0.4, 0.5) is 0 Å². The Morgan fingerprint density at radius 2 is 0.567 bits per heavy atom. The first-order valence-electron chi connectivity index (χ1n) is 22.5. The molecule has 0 aliphatic rings. The van der Waals surface area contributed by atoms with Crippen LogP contribution in [0.5, 0.6) is 0 Å². The predicted molar refractivity (Wildman–Crippen MR) is 275 cm³/mol. The summed E-state index contributed by atoms with van der Waals surface area (Å²) in [6.45, 7) is 0. The van der Waals surface area contributed by atoms with E-state index in [1.807, 2.05) is 66.7 Å². The third kappa shape index (κ3) is 7.75. The fourth-order valence-electron chi connectivity index (χ4n) is 9.10. The van der Waals surface area contributed by atoms with Crippen LogP contribution < -0.4 is 0 Å². The first kappa shape index (κ1) is 39.5. The van der Waals surface area contributed by atoms with Crippen molar-refractivity contribution >= 4 is 21.8 Å². The van der Waals surface area contributed by atoms with Gasteiger partial charge in [0.25, 0.3) is 0 Å². The Bertz CT molecular complexity index is 3350. The molecule has 0 saturated heterocycles. The average molecular weight is 856 g/mol. The molecule has 0 unspecified atom stereocenters. The lowest BCUT2D eigenvalue weighted by molar-refractivity contribution is 0.953. The molecule has 0 fully saturated rings. The highest BCUT2D eigenvalue weighted by Crippen LogP contribution is 2.40. The zero-order valence-electron chi connectivity index (χ0n) is 36.4. The molecular weight excluding hydrogens is 815 g/mol. The molecule has 12 rings (SSSR count). The largest absolute Gasteiger partial charge is 0.278 e. The minimum absolute atomic E-state index is 0.543. The van der Waals surface area contributed by atoms with Crippen molar-refractivity contribution in [2.24, 2.45) is 0 Å². The summed E-state index contributed by atoms with van der Waals surface area (Å²) in [4.78, 5) is 20.9. The maximum Gasteiger partial charge on any atom is 0.238 e. The van der Waals surface area contributed by atoms with Gasteiger partial charge in [0.15, 0.2) is 11.6 Å². The number of hydrogen-bond acceptors (Lipinski definition) is 4. The second-order valence-electron chi connectivity index (χ2n) is 16.7. The molecule has 0 N–H and O–H groups in total. The van der Waals surface area contributed by atoms with E-state index in [1.165, 1.54) is 11.1 Å². The average Bonchev–Trinajstić information content (AvgIpc) is 3.75.